The third-order valence-electron chi connectivity index (χ3n) is 2.60. The summed E-state index contributed by atoms with van der Waals surface area (Å²) < 4.78 is 18.9. The van der Waals surface area contributed by atoms with Gasteiger partial charge in [0.15, 0.2) is 0 Å². The van der Waals surface area contributed by atoms with Gasteiger partial charge in [0, 0.05) is 18.7 Å². The second-order valence-corrected chi connectivity index (χ2v) is 5.49. The van der Waals surface area contributed by atoms with Crippen molar-refractivity contribution in [2.75, 3.05) is 6.61 Å². The van der Waals surface area contributed by atoms with Crippen LogP contribution in [0.15, 0.2) is 18.2 Å². The molecule has 0 radical (unpaired) electrons. The smallest absolute Gasteiger partial charge is 0.128 e. The lowest BCUT2D eigenvalue weighted by atomic mass is 9.93. The Labute approximate surface area is 103 Å². The predicted molar refractivity (Wildman–Crippen MR) is 68.0 cm³/mol. The lowest BCUT2D eigenvalue weighted by Gasteiger charge is -2.17. The van der Waals surface area contributed by atoms with E-state index in [9.17, 15) is 4.39 Å². The number of ether oxygens (including phenoxy) is 1. The van der Waals surface area contributed by atoms with Crippen LogP contribution in [-0.4, -0.2) is 6.61 Å². The Morgan fingerprint density at radius 3 is 2.59 bits per heavy atom. The van der Waals surface area contributed by atoms with Gasteiger partial charge < -0.3 is 10.5 Å². The maximum absolute atomic E-state index is 13.4. The number of halogens is 1. The van der Waals surface area contributed by atoms with Gasteiger partial charge in [-0.25, -0.2) is 4.39 Å². The van der Waals surface area contributed by atoms with E-state index in [-0.39, 0.29) is 11.2 Å². The summed E-state index contributed by atoms with van der Waals surface area (Å²) >= 11 is 0. The van der Waals surface area contributed by atoms with E-state index in [0.717, 1.165) is 12.0 Å². The van der Waals surface area contributed by atoms with Gasteiger partial charge in [0.2, 0.25) is 0 Å². The molecule has 0 spiro atoms. The Bertz CT molecular complexity index is 358. The first-order valence-corrected chi connectivity index (χ1v) is 5.97. The fourth-order valence-electron chi connectivity index (χ4n) is 1.43. The molecule has 0 aromatic heterocycles. The standard InChI is InChI=1S/C14H22FNO/c1-14(2,3)6-7-17-10-12-8-11(9-16)4-5-13(12)15/h4-5,8H,6-7,9-10,16H2,1-3H3. The Morgan fingerprint density at radius 1 is 1.29 bits per heavy atom. The minimum Gasteiger partial charge on any atom is -0.377 e. The lowest BCUT2D eigenvalue weighted by Crippen LogP contribution is -2.10. The first-order valence-electron chi connectivity index (χ1n) is 5.97. The highest BCUT2D eigenvalue weighted by molar-refractivity contribution is 5.24. The van der Waals surface area contributed by atoms with Gasteiger partial charge in [-0.05, 0) is 29.5 Å². The minimum absolute atomic E-state index is 0.224. The molecule has 3 heteroatoms. The van der Waals surface area contributed by atoms with Crippen LogP contribution in [0.3, 0.4) is 0 Å². The van der Waals surface area contributed by atoms with E-state index in [1.807, 2.05) is 0 Å². The van der Waals surface area contributed by atoms with Crippen molar-refractivity contribution >= 4 is 0 Å². The molecule has 0 saturated heterocycles. The van der Waals surface area contributed by atoms with E-state index in [0.29, 0.717) is 25.3 Å². The molecule has 0 aliphatic rings. The quantitative estimate of drug-likeness (QED) is 0.801. The lowest BCUT2D eigenvalue weighted by molar-refractivity contribution is 0.0943. The predicted octanol–water partition coefficient (Wildman–Crippen LogP) is 3.24. The Kier molecular flexibility index (Phi) is 5.09. The van der Waals surface area contributed by atoms with Crippen molar-refractivity contribution in [3.05, 3.63) is 35.1 Å². The summed E-state index contributed by atoms with van der Waals surface area (Å²) in [6, 6.07) is 4.92. The average molecular weight is 239 g/mol. The molecule has 0 saturated carbocycles. The molecule has 17 heavy (non-hydrogen) atoms. The summed E-state index contributed by atoms with van der Waals surface area (Å²) in [4.78, 5) is 0. The zero-order valence-corrected chi connectivity index (χ0v) is 10.9. The van der Waals surface area contributed by atoms with Crippen molar-refractivity contribution in [1.82, 2.24) is 0 Å². The highest BCUT2D eigenvalue weighted by Gasteiger charge is 2.10. The van der Waals surface area contributed by atoms with Crippen molar-refractivity contribution in [3.8, 4) is 0 Å². The van der Waals surface area contributed by atoms with Gasteiger partial charge in [0.05, 0.1) is 6.61 Å². The molecule has 0 bridgehead atoms. The Balaban J connectivity index is 2.46. The number of hydrogen-bond acceptors (Lipinski definition) is 2. The van der Waals surface area contributed by atoms with Gasteiger partial charge in [0.25, 0.3) is 0 Å². The second kappa shape index (κ2) is 6.12. The number of benzene rings is 1. The van der Waals surface area contributed by atoms with Crippen LogP contribution in [0.5, 0.6) is 0 Å². The molecular formula is C14H22FNO. The van der Waals surface area contributed by atoms with Crippen molar-refractivity contribution in [1.29, 1.82) is 0 Å². The van der Waals surface area contributed by atoms with Gasteiger partial charge in [-0.2, -0.15) is 0 Å². The van der Waals surface area contributed by atoms with Crippen LogP contribution in [0.1, 0.15) is 38.3 Å². The second-order valence-electron chi connectivity index (χ2n) is 5.49. The highest BCUT2D eigenvalue weighted by atomic mass is 19.1. The molecule has 96 valence electrons. The molecule has 0 aliphatic carbocycles. The van der Waals surface area contributed by atoms with Crippen LogP contribution in [0.4, 0.5) is 4.39 Å². The molecule has 1 aromatic carbocycles. The van der Waals surface area contributed by atoms with Crippen LogP contribution in [0.25, 0.3) is 0 Å². The van der Waals surface area contributed by atoms with Gasteiger partial charge in [0.1, 0.15) is 5.82 Å². The highest BCUT2D eigenvalue weighted by Crippen LogP contribution is 2.19. The topological polar surface area (TPSA) is 35.2 Å². The van der Waals surface area contributed by atoms with Crippen molar-refractivity contribution in [2.24, 2.45) is 11.1 Å². The summed E-state index contributed by atoms with van der Waals surface area (Å²) in [5.74, 6) is -0.224. The van der Waals surface area contributed by atoms with E-state index in [4.69, 9.17) is 10.5 Å². The van der Waals surface area contributed by atoms with Crippen LogP contribution in [-0.2, 0) is 17.9 Å². The molecule has 0 amide bonds. The number of nitrogens with two attached hydrogens (primary N) is 1. The van der Waals surface area contributed by atoms with Crippen LogP contribution in [0, 0.1) is 11.2 Å². The number of rotatable bonds is 5. The Morgan fingerprint density at radius 2 is 2.00 bits per heavy atom. The molecule has 0 atom stereocenters. The largest absolute Gasteiger partial charge is 0.377 e. The van der Waals surface area contributed by atoms with Crippen LogP contribution in [0.2, 0.25) is 0 Å². The molecule has 1 rings (SSSR count). The summed E-state index contributed by atoms with van der Waals surface area (Å²) in [5.41, 5.74) is 7.28. The summed E-state index contributed by atoms with van der Waals surface area (Å²) in [7, 11) is 0. The average Bonchev–Trinajstić information content (AvgIpc) is 2.25. The SMILES string of the molecule is CC(C)(C)CCOCc1cc(CN)ccc1F. The summed E-state index contributed by atoms with van der Waals surface area (Å²) in [6.07, 6.45) is 0.963. The van der Waals surface area contributed by atoms with E-state index < -0.39 is 0 Å². The molecule has 2 nitrogen and oxygen atoms in total. The van der Waals surface area contributed by atoms with E-state index in [1.165, 1.54) is 6.07 Å². The fourth-order valence-corrected chi connectivity index (χ4v) is 1.43. The van der Waals surface area contributed by atoms with Gasteiger partial charge in [-0.3, -0.25) is 0 Å². The normalized spacial score (nSPS) is 11.8. The maximum atomic E-state index is 13.4. The molecule has 2 N–H and O–H groups in total. The monoisotopic (exact) mass is 239 g/mol. The van der Waals surface area contributed by atoms with Crippen LogP contribution >= 0.6 is 0 Å². The maximum Gasteiger partial charge on any atom is 0.128 e. The molecule has 0 heterocycles. The van der Waals surface area contributed by atoms with E-state index in [1.54, 1.807) is 12.1 Å². The summed E-state index contributed by atoms with van der Waals surface area (Å²) in [5, 5.41) is 0. The molecule has 0 unspecified atom stereocenters. The van der Waals surface area contributed by atoms with Crippen molar-refractivity contribution in [2.45, 2.75) is 40.3 Å². The molecule has 0 aliphatic heterocycles. The van der Waals surface area contributed by atoms with Gasteiger partial charge in [-0.1, -0.05) is 26.8 Å². The fraction of sp³-hybridized carbons (Fsp3) is 0.571. The molecular weight excluding hydrogens is 217 g/mol. The molecule has 1 aromatic rings. The zero-order chi connectivity index (χ0) is 12.9. The third kappa shape index (κ3) is 5.29. The van der Waals surface area contributed by atoms with E-state index >= 15 is 0 Å². The third-order valence-corrected chi connectivity index (χ3v) is 2.60. The van der Waals surface area contributed by atoms with Crippen molar-refractivity contribution in [3.63, 3.8) is 0 Å². The van der Waals surface area contributed by atoms with Crippen LogP contribution < -0.4 is 5.73 Å². The first-order chi connectivity index (χ1) is 7.92. The van der Waals surface area contributed by atoms with Gasteiger partial charge in [-0.15, -0.1) is 0 Å². The first kappa shape index (κ1) is 14.1. The Hall–Kier alpha value is -0.930. The van der Waals surface area contributed by atoms with Gasteiger partial charge >= 0.3 is 0 Å². The van der Waals surface area contributed by atoms with Crippen molar-refractivity contribution < 1.29 is 9.13 Å². The number of hydrogen-bond donors (Lipinski definition) is 1. The minimum atomic E-state index is -0.224. The van der Waals surface area contributed by atoms with E-state index in [2.05, 4.69) is 20.8 Å². The summed E-state index contributed by atoms with van der Waals surface area (Å²) in [6.45, 7) is 7.87. The molecule has 0 fully saturated rings. The zero-order valence-electron chi connectivity index (χ0n) is 10.9.